The molecule has 0 heterocycles. The maximum absolute atomic E-state index is 10.6. The Morgan fingerprint density at radius 3 is 1.55 bits per heavy atom. The average molecular weight is 411 g/mol. The predicted molar refractivity (Wildman–Crippen MR) is 93.7 cm³/mol. The Hall–Kier alpha value is 2.12. The second-order valence-electron chi connectivity index (χ2n) is 7.64. The predicted octanol–water partition coefficient (Wildman–Crippen LogP) is 0.481. The zero-order valence-electron chi connectivity index (χ0n) is 15.5. The van der Waals surface area contributed by atoms with Gasteiger partial charge in [0.2, 0.25) is 0 Å². The molecule has 0 aliphatic heterocycles. The first kappa shape index (κ1) is 26.3. The van der Waals surface area contributed by atoms with Gasteiger partial charge in [-0.3, -0.25) is 0 Å². The fourth-order valence-electron chi connectivity index (χ4n) is 2.32. The number of rotatable bonds is 10. The largest absolute Gasteiger partial charge is 1.00 e. The van der Waals surface area contributed by atoms with E-state index >= 15 is 0 Å². The fourth-order valence-corrected chi connectivity index (χ4v) is 15.5. The van der Waals surface area contributed by atoms with Crippen molar-refractivity contribution in [1.82, 2.24) is 0 Å². The van der Waals surface area contributed by atoms with Gasteiger partial charge in [0, 0.05) is 5.75 Å². The monoisotopic (exact) mass is 410 g/mol. The molecule has 0 rings (SSSR count). The van der Waals surface area contributed by atoms with E-state index in [0.29, 0.717) is 6.42 Å². The molecule has 22 heavy (non-hydrogen) atoms. The summed E-state index contributed by atoms with van der Waals surface area (Å²) in [7, 11) is -9.66. The van der Waals surface area contributed by atoms with Crippen molar-refractivity contribution in [1.29, 1.82) is 0 Å². The topological polar surface area (TPSA) is 75.7 Å². The smallest absolute Gasteiger partial charge is 0.748 e. The normalized spacial score (nSPS) is 13.8. The van der Waals surface area contributed by atoms with Crippen LogP contribution in [-0.4, -0.2) is 43.9 Å². The maximum atomic E-state index is 10.6. The summed E-state index contributed by atoms with van der Waals surface area (Å²) in [6.07, 6.45) is 2.01. The molecular weight excluding hydrogens is 380 g/mol. The Labute approximate surface area is 182 Å². The van der Waals surface area contributed by atoms with Crippen LogP contribution in [0.5, 0.6) is 0 Å². The van der Waals surface area contributed by atoms with Crippen molar-refractivity contribution in [3.8, 4) is 0 Å². The summed E-state index contributed by atoms with van der Waals surface area (Å²) in [4.78, 5) is 0. The number of hydrogen-bond donors (Lipinski definition) is 0. The standard InChI is InChI=1S/C12H32O5SSi3.K/c1-19(2,3)16-21(7,17-20(4,5)6)12-10-8-9-11-18(13,14)15;/h8-12H2,1-7H3,(H,13,14,15);/q;+1/p-1. The Morgan fingerprint density at radius 2 is 1.23 bits per heavy atom. The third-order valence-corrected chi connectivity index (χ3v) is 13.0. The molecule has 0 radical (unpaired) electrons. The molecule has 0 aliphatic rings. The molecule has 0 N–H and O–H groups in total. The summed E-state index contributed by atoms with van der Waals surface area (Å²) in [5, 5.41) is 0. The first-order valence-corrected chi connectivity index (χ1v) is 18.4. The molecule has 0 aromatic carbocycles. The van der Waals surface area contributed by atoms with E-state index in [1.807, 2.05) is 0 Å². The Morgan fingerprint density at radius 1 is 0.818 bits per heavy atom. The van der Waals surface area contributed by atoms with E-state index in [1.165, 1.54) is 0 Å². The van der Waals surface area contributed by atoms with E-state index in [4.69, 9.17) is 8.23 Å². The van der Waals surface area contributed by atoms with Gasteiger partial charge in [0.25, 0.3) is 0 Å². The third kappa shape index (κ3) is 17.0. The van der Waals surface area contributed by atoms with Crippen molar-refractivity contribution in [2.75, 3.05) is 5.75 Å². The minimum atomic E-state index is -4.09. The van der Waals surface area contributed by atoms with Gasteiger partial charge < -0.3 is 12.8 Å². The molecule has 0 saturated carbocycles. The van der Waals surface area contributed by atoms with Crippen LogP contribution in [0.15, 0.2) is 0 Å². The summed E-state index contributed by atoms with van der Waals surface area (Å²) >= 11 is 0. The van der Waals surface area contributed by atoms with Gasteiger partial charge in [-0.05, 0) is 58.3 Å². The minimum Gasteiger partial charge on any atom is -0.748 e. The first-order valence-electron chi connectivity index (χ1n) is 7.46. The molecule has 0 fully saturated rings. The number of hydrogen-bond acceptors (Lipinski definition) is 5. The van der Waals surface area contributed by atoms with Gasteiger partial charge in [0.1, 0.15) is 0 Å². The van der Waals surface area contributed by atoms with Crippen molar-refractivity contribution in [3.05, 3.63) is 0 Å². The van der Waals surface area contributed by atoms with Crippen LogP contribution in [0.4, 0.5) is 0 Å². The third-order valence-electron chi connectivity index (χ3n) is 2.57. The van der Waals surface area contributed by atoms with Gasteiger partial charge in [0.05, 0.1) is 10.1 Å². The van der Waals surface area contributed by atoms with E-state index in [1.54, 1.807) is 0 Å². The van der Waals surface area contributed by atoms with E-state index in [2.05, 4.69) is 45.8 Å². The van der Waals surface area contributed by atoms with Crippen molar-refractivity contribution >= 4 is 35.3 Å². The molecule has 0 bridgehead atoms. The minimum absolute atomic E-state index is 0. The van der Waals surface area contributed by atoms with Gasteiger partial charge in [-0.2, -0.15) is 0 Å². The molecule has 0 spiro atoms. The van der Waals surface area contributed by atoms with Crippen LogP contribution < -0.4 is 51.4 Å². The molecular formula is C12H31KO5SSi3. The molecule has 0 aromatic heterocycles. The zero-order valence-corrected chi connectivity index (χ0v) is 22.4. The molecule has 0 unspecified atom stereocenters. The summed E-state index contributed by atoms with van der Waals surface area (Å²) in [6, 6.07) is 0.862. The van der Waals surface area contributed by atoms with Crippen LogP contribution in [0.2, 0.25) is 51.9 Å². The van der Waals surface area contributed by atoms with Gasteiger partial charge >= 0.3 is 59.9 Å². The van der Waals surface area contributed by atoms with Crippen LogP contribution in [0.25, 0.3) is 0 Å². The summed E-state index contributed by atoms with van der Waals surface area (Å²) < 4.78 is 44.5. The summed E-state index contributed by atoms with van der Waals surface area (Å²) in [5.41, 5.74) is 0. The van der Waals surface area contributed by atoms with E-state index in [-0.39, 0.29) is 57.1 Å². The number of unbranched alkanes of at least 4 members (excludes halogenated alkanes) is 2. The van der Waals surface area contributed by atoms with Crippen LogP contribution in [-0.2, 0) is 18.3 Å². The van der Waals surface area contributed by atoms with Crippen molar-refractivity contribution in [2.45, 2.75) is 71.1 Å². The Balaban J connectivity index is 0. The van der Waals surface area contributed by atoms with Crippen molar-refractivity contribution < 1.29 is 72.6 Å². The fraction of sp³-hybridized carbons (Fsp3) is 1.00. The molecule has 0 aromatic rings. The van der Waals surface area contributed by atoms with Crippen LogP contribution >= 0.6 is 0 Å². The second kappa shape index (κ2) is 10.3. The average Bonchev–Trinajstić information content (AvgIpc) is 2.07. The first-order chi connectivity index (χ1) is 9.12. The van der Waals surface area contributed by atoms with Gasteiger partial charge in [0.15, 0.2) is 16.6 Å². The molecule has 0 amide bonds. The summed E-state index contributed by atoms with van der Waals surface area (Å²) in [6.45, 7) is 15.1. The summed E-state index contributed by atoms with van der Waals surface area (Å²) in [5.74, 6) is -0.269. The Bertz CT molecular complexity index is 401. The zero-order chi connectivity index (χ0) is 16.9. The molecule has 0 aliphatic carbocycles. The van der Waals surface area contributed by atoms with Crippen molar-refractivity contribution in [2.24, 2.45) is 0 Å². The Kier molecular flexibility index (Phi) is 12.3. The molecule has 10 heteroatoms. The van der Waals surface area contributed by atoms with Gasteiger partial charge in [-0.15, -0.1) is 0 Å². The molecule has 128 valence electrons. The van der Waals surface area contributed by atoms with Gasteiger partial charge in [-0.25, -0.2) is 8.42 Å². The molecule has 5 nitrogen and oxygen atoms in total. The van der Waals surface area contributed by atoms with Crippen molar-refractivity contribution in [3.63, 3.8) is 0 Å². The van der Waals surface area contributed by atoms with E-state index < -0.39 is 35.3 Å². The van der Waals surface area contributed by atoms with Gasteiger partial charge in [-0.1, -0.05) is 12.8 Å². The second-order valence-corrected chi connectivity index (χ2v) is 22.0. The van der Waals surface area contributed by atoms with E-state index in [0.717, 1.165) is 18.9 Å². The molecule has 0 saturated heterocycles. The van der Waals surface area contributed by atoms with Crippen LogP contribution in [0.1, 0.15) is 19.3 Å². The quantitative estimate of drug-likeness (QED) is 0.297. The van der Waals surface area contributed by atoms with Crippen LogP contribution in [0, 0.1) is 0 Å². The van der Waals surface area contributed by atoms with E-state index in [9.17, 15) is 13.0 Å². The SMILES string of the molecule is C[Si](C)(C)O[Si](C)(CCCCCS(=O)(=O)[O-])O[Si](C)(C)C.[K+]. The maximum Gasteiger partial charge on any atom is 1.00 e. The van der Waals surface area contributed by atoms with Crippen LogP contribution in [0.3, 0.4) is 0 Å². The molecule has 0 atom stereocenters.